The monoisotopic (exact) mass is 511 g/mol. The highest BCUT2D eigenvalue weighted by Gasteiger charge is 2.17. The fourth-order valence-electron chi connectivity index (χ4n) is 3.43. The average molecular weight is 512 g/mol. The number of anilines is 2. The number of nitrogens with zero attached hydrogens (tertiary/aromatic N) is 4. The third-order valence-corrected chi connectivity index (χ3v) is 6.31. The number of aromatic nitrogens is 3. The molecule has 1 aliphatic heterocycles. The van der Waals surface area contributed by atoms with Gasteiger partial charge in [-0.15, -0.1) is 0 Å². The Labute approximate surface area is 208 Å². The Morgan fingerprint density at radius 3 is 2.89 bits per heavy atom. The zero-order chi connectivity index (χ0) is 24.4. The minimum absolute atomic E-state index is 0.330. The van der Waals surface area contributed by atoms with Crippen LogP contribution in [0.1, 0.15) is 5.69 Å². The Morgan fingerprint density at radius 1 is 1.26 bits per heavy atom. The third-order valence-electron chi connectivity index (χ3n) is 5.15. The minimum atomic E-state index is -1.27. The summed E-state index contributed by atoms with van der Waals surface area (Å²) in [5, 5.41) is 21.9. The lowest BCUT2D eigenvalue weighted by Crippen LogP contribution is -2.22. The highest BCUT2D eigenvalue weighted by atomic mass is 35.5. The van der Waals surface area contributed by atoms with E-state index in [1.807, 2.05) is 36.4 Å². The first kappa shape index (κ1) is 23.0. The number of hydrogen-bond donors (Lipinski definition) is 3. The molecule has 0 unspecified atom stereocenters. The predicted octanol–water partition coefficient (Wildman–Crippen LogP) is 3.79. The number of aliphatic hydroxyl groups is 1. The number of nitrogens with one attached hydrogen (secondary N) is 1. The summed E-state index contributed by atoms with van der Waals surface area (Å²) >= 11 is 7.92. The molecule has 178 valence electrons. The molecule has 3 heterocycles. The van der Waals surface area contributed by atoms with Gasteiger partial charge in [-0.1, -0.05) is 29.8 Å². The Kier molecular flexibility index (Phi) is 6.45. The molecular weight excluding hydrogens is 494 g/mol. The van der Waals surface area contributed by atoms with Crippen LogP contribution in [0.15, 0.2) is 47.6 Å². The maximum Gasteiger partial charge on any atom is 0.330 e. The highest BCUT2D eigenvalue weighted by Crippen LogP contribution is 2.40. The zero-order valence-electron chi connectivity index (χ0n) is 18.0. The standard InChI is InChI=1S/C23H18ClN5O5S/c24-19-14(12-4-5-17-18(8-12)34-7-6-33-17)2-1-3-15(19)28-21-20-22(35-29-21)26-10-13(27-20)9-25-16(11-30)23(31)32/h1-5,8-10,16,30H,6-7,11H2,(H,28,29)(H,31,32)/t16-/m1/s1. The number of aliphatic hydroxyl groups excluding tert-OH is 1. The maximum atomic E-state index is 11.1. The van der Waals surface area contributed by atoms with Crippen molar-refractivity contribution in [1.29, 1.82) is 0 Å². The SMILES string of the molecule is O=C(O)[C@@H](CO)N=Cc1cnc2snc(Nc3cccc(-c4ccc5c(c4)OCCO5)c3Cl)c2n1. The van der Waals surface area contributed by atoms with E-state index in [4.69, 9.17) is 31.3 Å². The van der Waals surface area contributed by atoms with Gasteiger partial charge in [-0.25, -0.2) is 14.8 Å². The first-order valence-corrected chi connectivity index (χ1v) is 11.6. The molecule has 0 amide bonds. The molecule has 12 heteroatoms. The Morgan fingerprint density at radius 2 is 2.09 bits per heavy atom. The number of carboxylic acid groups (broad SMARTS) is 1. The summed E-state index contributed by atoms with van der Waals surface area (Å²) < 4.78 is 15.7. The van der Waals surface area contributed by atoms with Crippen molar-refractivity contribution in [3.05, 3.63) is 53.3 Å². The number of aliphatic carboxylic acids is 1. The van der Waals surface area contributed by atoms with Gasteiger partial charge in [0.2, 0.25) is 0 Å². The number of halogens is 1. The van der Waals surface area contributed by atoms with Crippen molar-refractivity contribution >= 4 is 57.2 Å². The molecule has 0 saturated heterocycles. The first-order chi connectivity index (χ1) is 17.0. The van der Waals surface area contributed by atoms with Crippen LogP contribution < -0.4 is 14.8 Å². The van der Waals surface area contributed by atoms with Gasteiger partial charge in [0.15, 0.2) is 28.2 Å². The summed E-state index contributed by atoms with van der Waals surface area (Å²) in [4.78, 5) is 24.3. The third kappa shape index (κ3) is 4.74. The van der Waals surface area contributed by atoms with E-state index in [0.717, 1.165) is 22.7 Å². The van der Waals surface area contributed by atoms with Gasteiger partial charge in [0.05, 0.1) is 23.5 Å². The van der Waals surface area contributed by atoms with Gasteiger partial charge in [0.1, 0.15) is 24.4 Å². The summed E-state index contributed by atoms with van der Waals surface area (Å²) in [6, 6.07) is 10.0. The van der Waals surface area contributed by atoms with E-state index in [9.17, 15) is 4.79 Å². The molecule has 2 aromatic carbocycles. The second-order valence-corrected chi connectivity index (χ2v) is 8.57. The number of fused-ring (bicyclic) bond motifs is 2. The minimum Gasteiger partial charge on any atom is -0.486 e. The van der Waals surface area contributed by atoms with Crippen molar-refractivity contribution in [3.8, 4) is 22.6 Å². The molecule has 2 aromatic heterocycles. The molecule has 0 radical (unpaired) electrons. The van der Waals surface area contributed by atoms with E-state index >= 15 is 0 Å². The van der Waals surface area contributed by atoms with Crippen molar-refractivity contribution in [1.82, 2.24) is 14.3 Å². The average Bonchev–Trinajstić information content (AvgIpc) is 3.27. The molecule has 3 N–H and O–H groups in total. The van der Waals surface area contributed by atoms with Crippen LogP contribution in [0, 0.1) is 0 Å². The second kappa shape index (κ2) is 9.82. The largest absolute Gasteiger partial charge is 0.486 e. The van der Waals surface area contributed by atoms with Crippen LogP contribution in [0.25, 0.3) is 21.5 Å². The van der Waals surface area contributed by atoms with E-state index in [2.05, 4.69) is 24.7 Å². The molecule has 0 aliphatic carbocycles. The summed E-state index contributed by atoms with van der Waals surface area (Å²) in [6.45, 7) is 0.395. The fraction of sp³-hybridized carbons (Fsp3) is 0.174. The van der Waals surface area contributed by atoms with Gasteiger partial charge in [0, 0.05) is 11.8 Å². The molecule has 35 heavy (non-hydrogen) atoms. The highest BCUT2D eigenvalue weighted by molar-refractivity contribution is 7.13. The van der Waals surface area contributed by atoms with Crippen LogP contribution in [0.3, 0.4) is 0 Å². The molecule has 0 saturated carbocycles. The number of aliphatic imine (C=N–C) groups is 1. The Balaban J connectivity index is 1.44. The lowest BCUT2D eigenvalue weighted by Gasteiger charge is -2.19. The van der Waals surface area contributed by atoms with E-state index in [-0.39, 0.29) is 0 Å². The Hall–Kier alpha value is -3.80. The Bertz CT molecular complexity index is 1440. The van der Waals surface area contributed by atoms with Crippen LogP contribution in [-0.2, 0) is 4.79 Å². The van der Waals surface area contributed by atoms with Crippen molar-refractivity contribution in [2.45, 2.75) is 6.04 Å². The molecule has 0 spiro atoms. The maximum absolute atomic E-state index is 11.1. The van der Waals surface area contributed by atoms with Gasteiger partial charge in [-0.05, 0) is 35.3 Å². The van der Waals surface area contributed by atoms with Crippen molar-refractivity contribution < 1.29 is 24.5 Å². The molecule has 1 atom stereocenters. The second-order valence-electron chi connectivity index (χ2n) is 7.45. The molecule has 10 nitrogen and oxygen atoms in total. The lowest BCUT2D eigenvalue weighted by molar-refractivity contribution is -0.139. The fourth-order valence-corrected chi connectivity index (χ4v) is 4.36. The summed E-state index contributed by atoms with van der Waals surface area (Å²) in [6.07, 6.45) is 2.72. The quantitative estimate of drug-likeness (QED) is 0.316. The van der Waals surface area contributed by atoms with Crippen LogP contribution in [0.2, 0.25) is 5.02 Å². The molecule has 0 fully saturated rings. The molecule has 4 aromatic rings. The molecule has 1 aliphatic rings. The van der Waals surface area contributed by atoms with Crippen LogP contribution in [0.5, 0.6) is 11.5 Å². The summed E-state index contributed by atoms with van der Waals surface area (Å²) in [7, 11) is 0. The van der Waals surface area contributed by atoms with Crippen LogP contribution in [0.4, 0.5) is 11.5 Å². The number of carbonyl (C=O) groups is 1. The normalized spacial score (nSPS) is 13.8. The predicted molar refractivity (Wildman–Crippen MR) is 132 cm³/mol. The number of benzene rings is 2. The van der Waals surface area contributed by atoms with Gasteiger partial charge in [-0.2, -0.15) is 4.37 Å². The number of hydrogen-bond acceptors (Lipinski definition) is 10. The van der Waals surface area contributed by atoms with Crippen LogP contribution >= 0.6 is 23.1 Å². The first-order valence-electron chi connectivity index (χ1n) is 10.5. The van der Waals surface area contributed by atoms with E-state index in [0.29, 0.717) is 57.3 Å². The van der Waals surface area contributed by atoms with Crippen molar-refractivity contribution in [2.24, 2.45) is 4.99 Å². The van der Waals surface area contributed by atoms with Crippen molar-refractivity contribution in [3.63, 3.8) is 0 Å². The summed E-state index contributed by atoms with van der Waals surface area (Å²) in [5.41, 5.74) is 3.11. The van der Waals surface area contributed by atoms with E-state index in [1.165, 1.54) is 12.4 Å². The van der Waals surface area contributed by atoms with Gasteiger partial charge >= 0.3 is 5.97 Å². The molecular formula is C23H18ClN5O5S. The van der Waals surface area contributed by atoms with Gasteiger partial charge < -0.3 is 25.0 Å². The zero-order valence-corrected chi connectivity index (χ0v) is 19.6. The number of ether oxygens (including phenoxy) is 2. The summed E-state index contributed by atoms with van der Waals surface area (Å²) in [5.74, 6) is 0.589. The molecule has 0 bridgehead atoms. The van der Waals surface area contributed by atoms with E-state index in [1.54, 1.807) is 0 Å². The van der Waals surface area contributed by atoms with E-state index < -0.39 is 18.6 Å². The topological polar surface area (TPSA) is 139 Å². The smallest absolute Gasteiger partial charge is 0.330 e. The van der Waals surface area contributed by atoms with Gasteiger partial charge in [-0.3, -0.25) is 4.99 Å². The van der Waals surface area contributed by atoms with Crippen molar-refractivity contribution in [2.75, 3.05) is 25.1 Å². The molecule has 5 rings (SSSR count). The van der Waals surface area contributed by atoms with Gasteiger partial charge in [0.25, 0.3) is 0 Å². The number of rotatable bonds is 7. The lowest BCUT2D eigenvalue weighted by atomic mass is 10.0. The number of carboxylic acids is 1. The van der Waals surface area contributed by atoms with Crippen LogP contribution in [-0.4, -0.2) is 62.6 Å².